The quantitative estimate of drug-likeness (QED) is 0.605. The molecule has 0 saturated heterocycles. The predicted molar refractivity (Wildman–Crippen MR) is 62.0 cm³/mol. The van der Waals surface area contributed by atoms with Gasteiger partial charge in [0.05, 0.1) is 5.52 Å². The van der Waals surface area contributed by atoms with E-state index in [4.69, 9.17) is 5.84 Å². The van der Waals surface area contributed by atoms with Crippen LogP contribution in [0.4, 0.5) is 5.82 Å². The molecular weight excluding hydrogens is 242 g/mol. The molecule has 0 radical (unpaired) electrons. The Morgan fingerprint density at radius 3 is 2.71 bits per heavy atom. The smallest absolute Gasteiger partial charge is 0.140 e. The molecule has 14 heavy (non-hydrogen) atoms. The molecule has 72 valence electrons. The van der Waals surface area contributed by atoms with Crippen molar-refractivity contribution >= 4 is 32.7 Å². The number of pyridine rings is 1. The van der Waals surface area contributed by atoms with Gasteiger partial charge in [-0.1, -0.05) is 12.1 Å². The van der Waals surface area contributed by atoms with Crippen LogP contribution in [0.3, 0.4) is 0 Å². The Kier molecular flexibility index (Phi) is 2.39. The molecule has 1 aromatic heterocycles. The molecule has 4 heteroatoms. The average Bonchev–Trinajstić information content (AvgIpc) is 2.23. The molecule has 0 atom stereocenters. The zero-order valence-electron chi connectivity index (χ0n) is 7.71. The van der Waals surface area contributed by atoms with Gasteiger partial charge in [0.1, 0.15) is 5.82 Å². The second-order valence-corrected chi connectivity index (χ2v) is 3.90. The van der Waals surface area contributed by atoms with Gasteiger partial charge in [-0.05, 0) is 40.5 Å². The lowest BCUT2D eigenvalue weighted by Crippen LogP contribution is -2.08. The standard InChI is InChI=1S/C10H10BrN3/c1-6-2-3-7-4-5-8(14-12)13-10(7)9(6)11/h2-5H,12H2,1H3,(H,13,14). The van der Waals surface area contributed by atoms with Crippen molar-refractivity contribution in [3.8, 4) is 0 Å². The number of hydrogen-bond acceptors (Lipinski definition) is 3. The van der Waals surface area contributed by atoms with E-state index >= 15 is 0 Å². The van der Waals surface area contributed by atoms with Gasteiger partial charge in [-0.3, -0.25) is 0 Å². The number of nitrogen functional groups attached to an aromatic ring is 1. The maximum absolute atomic E-state index is 5.30. The highest BCUT2D eigenvalue weighted by Crippen LogP contribution is 2.26. The molecule has 3 N–H and O–H groups in total. The van der Waals surface area contributed by atoms with Gasteiger partial charge in [0.2, 0.25) is 0 Å². The maximum Gasteiger partial charge on any atom is 0.140 e. The molecule has 1 aromatic carbocycles. The average molecular weight is 252 g/mol. The van der Waals surface area contributed by atoms with Gasteiger partial charge >= 0.3 is 0 Å². The van der Waals surface area contributed by atoms with Crippen LogP contribution in [0.5, 0.6) is 0 Å². The van der Waals surface area contributed by atoms with E-state index in [0.717, 1.165) is 15.4 Å². The van der Waals surface area contributed by atoms with Crippen LogP contribution >= 0.6 is 15.9 Å². The van der Waals surface area contributed by atoms with Crippen molar-refractivity contribution in [3.63, 3.8) is 0 Å². The van der Waals surface area contributed by atoms with Gasteiger partial charge in [-0.2, -0.15) is 0 Å². The first kappa shape index (κ1) is 9.43. The molecule has 0 bridgehead atoms. The number of benzene rings is 1. The summed E-state index contributed by atoms with van der Waals surface area (Å²) in [5.74, 6) is 5.97. The molecule has 1 heterocycles. The highest BCUT2D eigenvalue weighted by Gasteiger charge is 2.03. The van der Waals surface area contributed by atoms with Crippen LogP contribution in [-0.4, -0.2) is 4.98 Å². The van der Waals surface area contributed by atoms with E-state index in [9.17, 15) is 0 Å². The molecular formula is C10H10BrN3. The number of hydrazine groups is 1. The van der Waals surface area contributed by atoms with Gasteiger partial charge in [0.25, 0.3) is 0 Å². The molecule has 0 spiro atoms. The predicted octanol–water partition coefficient (Wildman–Crippen LogP) is 2.59. The van der Waals surface area contributed by atoms with Crippen LogP contribution in [-0.2, 0) is 0 Å². The molecule has 0 unspecified atom stereocenters. The van der Waals surface area contributed by atoms with Crippen molar-refractivity contribution in [2.75, 3.05) is 5.43 Å². The van der Waals surface area contributed by atoms with Crippen LogP contribution in [0.1, 0.15) is 5.56 Å². The third-order valence-electron chi connectivity index (χ3n) is 2.14. The summed E-state index contributed by atoms with van der Waals surface area (Å²) >= 11 is 3.51. The van der Waals surface area contributed by atoms with Crippen molar-refractivity contribution in [2.24, 2.45) is 5.84 Å². The highest BCUT2D eigenvalue weighted by atomic mass is 79.9. The van der Waals surface area contributed by atoms with Crippen molar-refractivity contribution in [1.29, 1.82) is 0 Å². The van der Waals surface area contributed by atoms with Crippen LogP contribution < -0.4 is 11.3 Å². The summed E-state index contributed by atoms with van der Waals surface area (Å²) in [6.07, 6.45) is 0. The largest absolute Gasteiger partial charge is 0.308 e. The van der Waals surface area contributed by atoms with Gasteiger partial charge in [-0.15, -0.1) is 0 Å². The highest BCUT2D eigenvalue weighted by molar-refractivity contribution is 9.10. The molecule has 0 amide bonds. The lowest BCUT2D eigenvalue weighted by molar-refractivity contribution is 1.26. The first-order chi connectivity index (χ1) is 6.72. The Balaban J connectivity index is 2.78. The molecule has 3 nitrogen and oxygen atoms in total. The second-order valence-electron chi connectivity index (χ2n) is 3.11. The number of halogens is 1. The number of aryl methyl sites for hydroxylation is 1. The number of rotatable bonds is 1. The fourth-order valence-corrected chi connectivity index (χ4v) is 1.79. The van der Waals surface area contributed by atoms with E-state index < -0.39 is 0 Å². The fourth-order valence-electron chi connectivity index (χ4n) is 1.34. The third-order valence-corrected chi connectivity index (χ3v) is 3.14. The summed E-state index contributed by atoms with van der Waals surface area (Å²) in [7, 11) is 0. The van der Waals surface area contributed by atoms with Crippen LogP contribution in [0.2, 0.25) is 0 Å². The SMILES string of the molecule is Cc1ccc2ccc(NN)nc2c1Br. The lowest BCUT2D eigenvalue weighted by Gasteiger charge is -2.05. The number of nitrogens with two attached hydrogens (primary N) is 1. The van der Waals surface area contributed by atoms with Crippen molar-refractivity contribution < 1.29 is 0 Å². The molecule has 0 aliphatic heterocycles. The number of hydrogen-bond donors (Lipinski definition) is 2. The zero-order chi connectivity index (χ0) is 10.1. The Bertz CT molecular complexity index is 482. The lowest BCUT2D eigenvalue weighted by atomic mass is 10.1. The minimum atomic E-state index is 0.670. The summed E-state index contributed by atoms with van der Waals surface area (Å²) < 4.78 is 1.02. The monoisotopic (exact) mass is 251 g/mol. The minimum absolute atomic E-state index is 0.670. The van der Waals surface area contributed by atoms with Crippen LogP contribution in [0.15, 0.2) is 28.7 Å². The number of fused-ring (bicyclic) bond motifs is 1. The Morgan fingerprint density at radius 1 is 1.29 bits per heavy atom. The van der Waals surface area contributed by atoms with Gasteiger partial charge in [0, 0.05) is 9.86 Å². The Hall–Kier alpha value is -1.13. The number of nitrogens with zero attached hydrogens (tertiary/aromatic N) is 1. The summed E-state index contributed by atoms with van der Waals surface area (Å²) in [6, 6.07) is 7.94. The molecule has 0 aliphatic carbocycles. The molecule has 2 aromatic rings. The van der Waals surface area contributed by atoms with E-state index in [1.54, 1.807) is 0 Å². The van der Waals surface area contributed by atoms with Crippen molar-refractivity contribution in [3.05, 3.63) is 34.3 Å². The van der Waals surface area contributed by atoms with Crippen molar-refractivity contribution in [2.45, 2.75) is 6.92 Å². The zero-order valence-corrected chi connectivity index (χ0v) is 9.30. The number of nitrogens with one attached hydrogen (secondary N) is 1. The van der Waals surface area contributed by atoms with E-state index in [2.05, 4.69) is 32.4 Å². The number of aromatic nitrogens is 1. The normalized spacial score (nSPS) is 10.5. The van der Waals surface area contributed by atoms with Gasteiger partial charge < -0.3 is 5.43 Å². The van der Waals surface area contributed by atoms with Gasteiger partial charge in [0.15, 0.2) is 0 Å². The maximum atomic E-state index is 5.30. The van der Waals surface area contributed by atoms with Crippen LogP contribution in [0.25, 0.3) is 10.9 Å². The summed E-state index contributed by atoms with van der Waals surface area (Å²) in [6.45, 7) is 2.04. The van der Waals surface area contributed by atoms with Crippen molar-refractivity contribution in [1.82, 2.24) is 4.98 Å². The molecule has 0 saturated carbocycles. The van der Waals surface area contributed by atoms with Gasteiger partial charge in [-0.25, -0.2) is 10.8 Å². The summed E-state index contributed by atoms with van der Waals surface area (Å²) in [4.78, 5) is 4.37. The Morgan fingerprint density at radius 2 is 2.00 bits per heavy atom. The minimum Gasteiger partial charge on any atom is -0.308 e. The fraction of sp³-hybridized carbons (Fsp3) is 0.100. The second kappa shape index (κ2) is 3.55. The Labute approximate surface area is 90.4 Å². The topological polar surface area (TPSA) is 50.9 Å². The summed E-state index contributed by atoms with van der Waals surface area (Å²) in [5, 5.41) is 1.10. The van der Waals surface area contributed by atoms with E-state index in [-0.39, 0.29) is 0 Å². The molecule has 2 rings (SSSR count). The summed E-state index contributed by atoms with van der Waals surface area (Å²) in [5.41, 5.74) is 4.63. The first-order valence-corrected chi connectivity index (χ1v) is 5.04. The first-order valence-electron chi connectivity index (χ1n) is 4.25. The third kappa shape index (κ3) is 1.47. The molecule has 0 aliphatic rings. The van der Waals surface area contributed by atoms with E-state index in [0.29, 0.717) is 5.82 Å². The van der Waals surface area contributed by atoms with E-state index in [1.807, 2.05) is 25.1 Å². The number of anilines is 1. The molecule has 0 fully saturated rings. The van der Waals surface area contributed by atoms with Crippen LogP contribution in [0, 0.1) is 6.92 Å². The van der Waals surface area contributed by atoms with E-state index in [1.165, 1.54) is 5.56 Å².